The highest BCUT2D eigenvalue weighted by Crippen LogP contribution is 2.27. The maximum Gasteiger partial charge on any atom is 0.410 e. The molecule has 0 bridgehead atoms. The summed E-state index contributed by atoms with van der Waals surface area (Å²) in [5.74, 6) is -0.663. The zero-order valence-electron chi connectivity index (χ0n) is 14.0. The molecule has 1 aromatic rings. The Morgan fingerprint density at radius 3 is 2.83 bits per heavy atom. The van der Waals surface area contributed by atoms with Crippen LogP contribution in [-0.4, -0.2) is 40.6 Å². The van der Waals surface area contributed by atoms with Crippen LogP contribution in [0.15, 0.2) is 18.2 Å². The lowest BCUT2D eigenvalue weighted by molar-refractivity contribution is -0.384. The summed E-state index contributed by atoms with van der Waals surface area (Å²) in [5.41, 5.74) is -0.665. The van der Waals surface area contributed by atoms with E-state index in [9.17, 15) is 19.3 Å². The second-order valence-electron chi connectivity index (χ2n) is 6.77. The molecule has 1 aromatic carbocycles. The summed E-state index contributed by atoms with van der Waals surface area (Å²) in [5, 5.41) is 14.0. The monoisotopic (exact) mass is 339 g/mol. The van der Waals surface area contributed by atoms with Gasteiger partial charge in [0.1, 0.15) is 17.1 Å². The molecule has 132 valence electrons. The van der Waals surface area contributed by atoms with Crippen LogP contribution in [0.1, 0.15) is 33.6 Å². The zero-order valence-corrected chi connectivity index (χ0v) is 14.0. The molecule has 24 heavy (non-hydrogen) atoms. The molecule has 0 unspecified atom stereocenters. The summed E-state index contributed by atoms with van der Waals surface area (Å²) in [4.78, 5) is 24.2. The first-order valence-corrected chi connectivity index (χ1v) is 7.85. The SMILES string of the molecule is CC(C)(C)OC(=O)N1CCC[C@H]1CNc1ccc(F)cc1[N+](=O)[O-]. The first-order valence-electron chi connectivity index (χ1n) is 7.85. The van der Waals surface area contributed by atoms with Gasteiger partial charge in [-0.2, -0.15) is 0 Å². The Bertz CT molecular complexity index is 630. The third-order valence-electron chi connectivity index (χ3n) is 3.69. The van der Waals surface area contributed by atoms with E-state index in [-0.39, 0.29) is 23.5 Å². The molecule has 1 fully saturated rings. The van der Waals surface area contributed by atoms with Crippen molar-refractivity contribution in [1.82, 2.24) is 4.90 Å². The third kappa shape index (κ3) is 4.56. The van der Waals surface area contributed by atoms with E-state index in [1.165, 1.54) is 6.07 Å². The summed E-state index contributed by atoms with van der Waals surface area (Å²) in [6, 6.07) is 3.25. The van der Waals surface area contributed by atoms with Gasteiger partial charge in [0, 0.05) is 13.1 Å². The number of halogens is 1. The summed E-state index contributed by atoms with van der Waals surface area (Å²) in [7, 11) is 0. The van der Waals surface area contributed by atoms with E-state index >= 15 is 0 Å². The number of benzene rings is 1. The van der Waals surface area contributed by atoms with Crippen molar-refractivity contribution in [3.8, 4) is 0 Å². The number of hydrogen-bond donors (Lipinski definition) is 1. The average molecular weight is 339 g/mol. The summed E-state index contributed by atoms with van der Waals surface area (Å²) >= 11 is 0. The second kappa shape index (κ2) is 7.02. The maximum absolute atomic E-state index is 13.2. The number of likely N-dealkylation sites (tertiary alicyclic amines) is 1. The molecule has 1 atom stereocenters. The normalized spacial score (nSPS) is 17.7. The predicted octanol–water partition coefficient (Wildman–Crippen LogP) is 3.55. The van der Waals surface area contributed by atoms with Gasteiger partial charge in [-0.1, -0.05) is 0 Å². The smallest absolute Gasteiger partial charge is 0.410 e. The van der Waals surface area contributed by atoms with E-state index in [0.717, 1.165) is 25.0 Å². The minimum Gasteiger partial charge on any atom is -0.444 e. The Labute approximate surface area is 139 Å². The average Bonchev–Trinajstić information content (AvgIpc) is 2.92. The highest BCUT2D eigenvalue weighted by Gasteiger charge is 2.32. The fourth-order valence-corrected chi connectivity index (χ4v) is 2.64. The van der Waals surface area contributed by atoms with Gasteiger partial charge in [0.05, 0.1) is 17.0 Å². The number of carbonyl (C=O) groups excluding carboxylic acids is 1. The van der Waals surface area contributed by atoms with Crippen LogP contribution in [0.3, 0.4) is 0 Å². The van der Waals surface area contributed by atoms with Crippen LogP contribution in [-0.2, 0) is 4.74 Å². The first kappa shape index (κ1) is 18.0. The molecule has 0 aliphatic carbocycles. The maximum atomic E-state index is 13.2. The lowest BCUT2D eigenvalue weighted by atomic mass is 10.2. The molecule has 0 aromatic heterocycles. The van der Waals surface area contributed by atoms with Crippen LogP contribution < -0.4 is 5.32 Å². The van der Waals surface area contributed by atoms with E-state index in [1.54, 1.807) is 25.7 Å². The molecule has 0 spiro atoms. The van der Waals surface area contributed by atoms with Gasteiger partial charge >= 0.3 is 6.09 Å². The van der Waals surface area contributed by atoms with Crippen molar-refractivity contribution >= 4 is 17.5 Å². The molecule has 1 heterocycles. The summed E-state index contributed by atoms with van der Waals surface area (Å²) < 4.78 is 18.6. The summed E-state index contributed by atoms with van der Waals surface area (Å²) in [6.45, 7) is 6.33. The molecular formula is C16H22FN3O4. The van der Waals surface area contributed by atoms with E-state index in [0.29, 0.717) is 13.1 Å². The van der Waals surface area contributed by atoms with Crippen LogP contribution in [0.25, 0.3) is 0 Å². The van der Waals surface area contributed by atoms with Gasteiger partial charge in [0.2, 0.25) is 0 Å². The van der Waals surface area contributed by atoms with Gasteiger partial charge < -0.3 is 15.0 Å². The standard InChI is InChI=1S/C16H22FN3O4/c1-16(2,3)24-15(21)19-8-4-5-12(19)10-18-13-7-6-11(17)9-14(13)20(22)23/h6-7,9,12,18H,4-5,8,10H2,1-3H3/t12-/m0/s1. The van der Waals surface area contributed by atoms with Crippen molar-refractivity contribution in [2.45, 2.75) is 45.3 Å². The van der Waals surface area contributed by atoms with Gasteiger partial charge in [-0.3, -0.25) is 10.1 Å². The van der Waals surface area contributed by atoms with Gasteiger partial charge in [-0.25, -0.2) is 9.18 Å². The van der Waals surface area contributed by atoms with Crippen molar-refractivity contribution < 1.29 is 18.8 Å². The van der Waals surface area contributed by atoms with Crippen LogP contribution in [0.2, 0.25) is 0 Å². The highest BCUT2D eigenvalue weighted by atomic mass is 19.1. The van der Waals surface area contributed by atoms with Crippen LogP contribution in [0.4, 0.5) is 20.6 Å². The Kier molecular flexibility index (Phi) is 5.26. The van der Waals surface area contributed by atoms with Crippen LogP contribution in [0.5, 0.6) is 0 Å². The van der Waals surface area contributed by atoms with Crippen molar-refractivity contribution in [3.63, 3.8) is 0 Å². The number of rotatable bonds is 4. The van der Waals surface area contributed by atoms with Gasteiger partial charge in [0.15, 0.2) is 0 Å². The molecule has 1 aliphatic heterocycles. The number of amides is 1. The molecular weight excluding hydrogens is 317 g/mol. The topological polar surface area (TPSA) is 84.7 Å². The second-order valence-corrected chi connectivity index (χ2v) is 6.77. The number of nitrogens with zero attached hydrogens (tertiary/aromatic N) is 2. The van der Waals surface area contributed by atoms with Crippen molar-refractivity contribution in [1.29, 1.82) is 0 Å². The van der Waals surface area contributed by atoms with Crippen molar-refractivity contribution in [3.05, 3.63) is 34.1 Å². The van der Waals surface area contributed by atoms with Crippen molar-refractivity contribution in [2.24, 2.45) is 0 Å². The van der Waals surface area contributed by atoms with Crippen molar-refractivity contribution in [2.75, 3.05) is 18.4 Å². The Hall–Kier alpha value is -2.38. The minimum atomic E-state index is -0.663. The largest absolute Gasteiger partial charge is 0.444 e. The molecule has 1 N–H and O–H groups in total. The van der Waals surface area contributed by atoms with E-state index in [2.05, 4.69) is 5.32 Å². The highest BCUT2D eigenvalue weighted by molar-refractivity contribution is 5.69. The number of ether oxygens (including phenoxy) is 1. The minimum absolute atomic E-state index is 0.121. The molecule has 2 rings (SSSR count). The van der Waals surface area contributed by atoms with Gasteiger partial charge in [-0.15, -0.1) is 0 Å². The molecule has 8 heteroatoms. The fraction of sp³-hybridized carbons (Fsp3) is 0.562. The lowest BCUT2D eigenvalue weighted by Crippen LogP contribution is -2.42. The van der Waals surface area contributed by atoms with Gasteiger partial charge in [-0.05, 0) is 45.7 Å². The zero-order chi connectivity index (χ0) is 17.9. The van der Waals surface area contributed by atoms with Crippen LogP contribution >= 0.6 is 0 Å². The van der Waals surface area contributed by atoms with E-state index in [4.69, 9.17) is 4.74 Å². The summed E-state index contributed by atoms with van der Waals surface area (Å²) in [6.07, 6.45) is 1.23. The number of nitrogens with one attached hydrogen (secondary N) is 1. The molecule has 1 saturated heterocycles. The molecule has 0 radical (unpaired) electrons. The van der Waals surface area contributed by atoms with E-state index < -0.39 is 16.3 Å². The molecule has 1 amide bonds. The number of anilines is 1. The first-order chi connectivity index (χ1) is 11.2. The van der Waals surface area contributed by atoms with Gasteiger partial charge in [0.25, 0.3) is 5.69 Å². The Balaban J connectivity index is 2.03. The Morgan fingerprint density at radius 1 is 1.50 bits per heavy atom. The number of hydrogen-bond acceptors (Lipinski definition) is 5. The predicted molar refractivity (Wildman–Crippen MR) is 87.5 cm³/mol. The number of nitro benzene ring substituents is 1. The lowest BCUT2D eigenvalue weighted by Gasteiger charge is -2.28. The quantitative estimate of drug-likeness (QED) is 0.670. The molecule has 0 saturated carbocycles. The fourth-order valence-electron chi connectivity index (χ4n) is 2.64. The molecule has 7 nitrogen and oxygen atoms in total. The van der Waals surface area contributed by atoms with Crippen LogP contribution in [0, 0.1) is 15.9 Å². The third-order valence-corrected chi connectivity index (χ3v) is 3.69. The number of carbonyl (C=O) groups is 1. The number of nitro groups is 1. The van der Waals surface area contributed by atoms with E-state index in [1.807, 2.05) is 0 Å². The molecule has 1 aliphatic rings. The Morgan fingerprint density at radius 2 is 2.21 bits per heavy atom.